The van der Waals surface area contributed by atoms with E-state index in [0.717, 1.165) is 0 Å². The average Bonchev–Trinajstić information content (AvgIpc) is 1.25. The Bertz CT molecular complexity index is 24.0. The monoisotopic (exact) mass is 190 g/mol. The van der Waals surface area contributed by atoms with Crippen molar-refractivity contribution in [3.63, 3.8) is 0 Å². The van der Waals surface area contributed by atoms with Crippen molar-refractivity contribution >= 4 is 24.1 Å². The summed E-state index contributed by atoms with van der Waals surface area (Å²) in [6.45, 7) is 6.69. The van der Waals surface area contributed by atoms with Crippen LogP contribution < -0.4 is 0 Å². The molecular formula is C6H18GaP. The van der Waals surface area contributed by atoms with Gasteiger partial charge in [-0.05, 0) is 20.0 Å². The Hall–Kier alpha value is 1.07. The van der Waals surface area contributed by atoms with Gasteiger partial charge >= 0.3 is 32.7 Å². The van der Waals surface area contributed by atoms with Crippen molar-refractivity contribution in [2.24, 2.45) is 0 Å². The molecule has 0 aliphatic rings. The van der Waals surface area contributed by atoms with Crippen LogP contribution in [0.3, 0.4) is 0 Å². The normalized spacial score (nSPS) is 7.88. The third-order valence-electron chi connectivity index (χ3n) is 0. The molecule has 2 heteroatoms. The molecule has 0 aliphatic carbocycles. The van der Waals surface area contributed by atoms with Crippen LogP contribution in [0, 0.1) is 0 Å². The molecule has 0 fully saturated rings. The van der Waals surface area contributed by atoms with Gasteiger partial charge in [0.2, 0.25) is 0 Å². The van der Waals surface area contributed by atoms with Gasteiger partial charge in [-0.1, -0.05) is 0 Å². The summed E-state index contributed by atoms with van der Waals surface area (Å²) in [4.78, 5) is 0. The molecule has 0 radical (unpaired) electrons. The summed E-state index contributed by atoms with van der Waals surface area (Å²) in [7, 11) is 0.380. The molecule has 0 nitrogen and oxygen atoms in total. The third kappa shape index (κ3) is 229. The zero-order valence-electron chi connectivity index (χ0n) is 7.02. The van der Waals surface area contributed by atoms with Crippen LogP contribution in [-0.2, 0) is 0 Å². The van der Waals surface area contributed by atoms with Crippen molar-refractivity contribution in [1.29, 1.82) is 0 Å². The Morgan fingerprint density at radius 3 is 0.875 bits per heavy atom. The van der Waals surface area contributed by atoms with Crippen molar-refractivity contribution in [3.05, 3.63) is 0 Å². The summed E-state index contributed by atoms with van der Waals surface area (Å²) in [5, 5.41) is 0. The van der Waals surface area contributed by atoms with Crippen LogP contribution in [0.5, 0.6) is 0 Å². The van der Waals surface area contributed by atoms with E-state index in [1.54, 1.807) is 0 Å². The average molecular weight is 191 g/mol. The summed E-state index contributed by atoms with van der Waals surface area (Å²) in [6, 6.07) is 0. The molecule has 0 aromatic heterocycles. The molecule has 0 rings (SSSR count). The van der Waals surface area contributed by atoms with Crippen LogP contribution >= 0.6 is 7.92 Å². The molecule has 50 valence electrons. The Labute approximate surface area is 60.8 Å². The summed E-state index contributed by atoms with van der Waals surface area (Å²) >= 11 is -0.479. The van der Waals surface area contributed by atoms with E-state index in [1.165, 1.54) is 0 Å². The maximum atomic E-state index is 2.35. The first-order valence-corrected chi connectivity index (χ1v) is 13.0. The van der Waals surface area contributed by atoms with E-state index in [4.69, 9.17) is 0 Å². The summed E-state index contributed by atoms with van der Waals surface area (Å²) in [5.41, 5.74) is 7.06. The maximum absolute atomic E-state index is 2.35. The zero-order chi connectivity index (χ0) is 7.15. The molecule has 0 amide bonds. The number of rotatable bonds is 0. The summed E-state index contributed by atoms with van der Waals surface area (Å²) in [6.07, 6.45) is 0. The van der Waals surface area contributed by atoms with Crippen LogP contribution in [0.15, 0.2) is 0 Å². The number of hydrogen-bond acceptors (Lipinski definition) is 0. The van der Waals surface area contributed by atoms with Crippen molar-refractivity contribution < 1.29 is 0 Å². The van der Waals surface area contributed by atoms with E-state index in [9.17, 15) is 0 Å². The summed E-state index contributed by atoms with van der Waals surface area (Å²) < 4.78 is 0. The van der Waals surface area contributed by atoms with Crippen LogP contribution in [0.4, 0.5) is 0 Å². The minimum absolute atomic E-state index is 0.380. The van der Waals surface area contributed by atoms with Crippen LogP contribution in [0.2, 0.25) is 16.4 Å². The zero-order valence-corrected chi connectivity index (χ0v) is 10.3. The van der Waals surface area contributed by atoms with E-state index in [-0.39, 0.29) is 0 Å². The van der Waals surface area contributed by atoms with Gasteiger partial charge in [0.1, 0.15) is 0 Å². The first-order valence-electron chi connectivity index (χ1n) is 3.07. The molecule has 0 aliphatic heterocycles. The Balaban J connectivity index is 0. The van der Waals surface area contributed by atoms with E-state index in [2.05, 4.69) is 36.4 Å². The molecule has 0 aromatic carbocycles. The van der Waals surface area contributed by atoms with Gasteiger partial charge in [0, 0.05) is 0 Å². The molecule has 0 spiro atoms. The van der Waals surface area contributed by atoms with Crippen LogP contribution in [0.1, 0.15) is 0 Å². The Morgan fingerprint density at radius 1 is 0.875 bits per heavy atom. The topological polar surface area (TPSA) is 0 Å². The van der Waals surface area contributed by atoms with Crippen molar-refractivity contribution in [2.45, 2.75) is 16.4 Å². The molecule has 8 heavy (non-hydrogen) atoms. The second-order valence-corrected chi connectivity index (χ2v) is 13.0. The molecule has 0 bridgehead atoms. The van der Waals surface area contributed by atoms with Gasteiger partial charge in [-0.3, -0.25) is 0 Å². The quantitative estimate of drug-likeness (QED) is 0.407. The molecule has 0 atom stereocenters. The van der Waals surface area contributed by atoms with Gasteiger partial charge in [0.15, 0.2) is 0 Å². The van der Waals surface area contributed by atoms with Crippen molar-refractivity contribution in [2.75, 3.05) is 20.0 Å². The third-order valence-corrected chi connectivity index (χ3v) is 0. The number of hydrogen-bond donors (Lipinski definition) is 0. The minimum atomic E-state index is -0.479. The van der Waals surface area contributed by atoms with Gasteiger partial charge in [-0.25, -0.2) is 0 Å². The predicted molar refractivity (Wildman–Crippen MR) is 48.0 cm³/mol. The predicted octanol–water partition coefficient (Wildman–Crippen LogP) is 2.73. The van der Waals surface area contributed by atoms with Crippen molar-refractivity contribution in [1.82, 2.24) is 0 Å². The summed E-state index contributed by atoms with van der Waals surface area (Å²) in [5.74, 6) is 0. The molecule has 0 aromatic rings. The van der Waals surface area contributed by atoms with Gasteiger partial charge < -0.3 is 0 Å². The second kappa shape index (κ2) is 8.07. The Morgan fingerprint density at radius 2 is 0.875 bits per heavy atom. The molecule has 0 saturated carbocycles. The molecular weight excluding hydrogens is 173 g/mol. The Kier molecular flexibility index (Phi) is 11.9. The van der Waals surface area contributed by atoms with E-state index >= 15 is 0 Å². The first-order chi connectivity index (χ1) is 3.46. The van der Waals surface area contributed by atoms with Crippen LogP contribution in [-0.4, -0.2) is 36.2 Å². The molecule has 0 saturated heterocycles. The van der Waals surface area contributed by atoms with Gasteiger partial charge in [-0.15, -0.1) is 7.92 Å². The fourth-order valence-corrected chi connectivity index (χ4v) is 0. The standard InChI is InChI=1S/C3H9P.3CH3.Ga/c1-4(2)3;;;;/h1-3H3;3*1H3;. The first kappa shape index (κ1) is 11.8. The van der Waals surface area contributed by atoms with E-state index in [0.29, 0.717) is 7.92 Å². The molecule has 0 N–H and O–H groups in total. The fraction of sp³-hybridized carbons (Fsp3) is 1.00. The van der Waals surface area contributed by atoms with Crippen molar-refractivity contribution in [3.8, 4) is 0 Å². The van der Waals surface area contributed by atoms with E-state index in [1.807, 2.05) is 0 Å². The van der Waals surface area contributed by atoms with Crippen LogP contribution in [0.25, 0.3) is 0 Å². The molecule has 0 unspecified atom stereocenters. The van der Waals surface area contributed by atoms with Gasteiger partial charge in [0.05, 0.1) is 0 Å². The second-order valence-electron chi connectivity index (χ2n) is 3.07. The fourth-order valence-electron chi connectivity index (χ4n) is 0. The SMILES string of the molecule is CP(C)C.[CH3][Ga]([CH3])[CH3]. The molecule has 0 heterocycles. The van der Waals surface area contributed by atoms with Gasteiger partial charge in [0.25, 0.3) is 0 Å². The van der Waals surface area contributed by atoms with Gasteiger partial charge in [-0.2, -0.15) is 0 Å². The van der Waals surface area contributed by atoms with E-state index < -0.39 is 16.2 Å².